The van der Waals surface area contributed by atoms with Crippen molar-refractivity contribution < 1.29 is 21.6 Å². The minimum atomic E-state index is 0. The van der Waals surface area contributed by atoms with Gasteiger partial charge in [-0.15, -0.1) is 4.73 Å². The fourth-order valence-electron chi connectivity index (χ4n) is 1.35. The van der Waals surface area contributed by atoms with Gasteiger partial charge in [0.2, 0.25) is 5.69 Å². The van der Waals surface area contributed by atoms with Gasteiger partial charge in [-0.3, -0.25) is 0 Å². The van der Waals surface area contributed by atoms with E-state index in [0.29, 0.717) is 22.0 Å². The fraction of sp³-hybridized carbons (Fsp3) is 0.182. The Kier molecular flexibility index (Phi) is 3.83. The lowest BCUT2D eigenvalue weighted by Crippen LogP contribution is -3.00. The Morgan fingerprint density at radius 2 is 2.00 bits per heavy atom. The number of oxazole rings is 1. The summed E-state index contributed by atoms with van der Waals surface area (Å²) in [6.07, 6.45) is 0. The van der Waals surface area contributed by atoms with Crippen LogP contribution in [0.5, 0.6) is 0 Å². The highest BCUT2D eigenvalue weighted by molar-refractivity contribution is 6.30. The molecule has 0 spiro atoms. The number of hydrogen-bond donors (Lipinski definition) is 0. The highest BCUT2D eigenvalue weighted by Gasteiger charge is 2.20. The molecule has 0 radical (unpaired) electrons. The second-order valence-electron chi connectivity index (χ2n) is 3.35. The van der Waals surface area contributed by atoms with Crippen LogP contribution in [0.25, 0.3) is 11.5 Å². The summed E-state index contributed by atoms with van der Waals surface area (Å²) in [6.45, 7) is 3.48. The monoisotopic (exact) mass is 258 g/mol. The molecule has 0 unspecified atom stereocenters. The third kappa shape index (κ3) is 2.15. The van der Waals surface area contributed by atoms with E-state index in [1.165, 1.54) is 0 Å². The zero-order valence-corrected chi connectivity index (χ0v) is 10.3. The summed E-state index contributed by atoms with van der Waals surface area (Å²) < 4.78 is 6.16. The van der Waals surface area contributed by atoms with Crippen LogP contribution in [0.4, 0.5) is 0 Å². The van der Waals surface area contributed by atoms with Gasteiger partial charge in [-0.25, -0.2) is 0 Å². The van der Waals surface area contributed by atoms with Crippen molar-refractivity contribution in [2.45, 2.75) is 13.8 Å². The average molecular weight is 259 g/mol. The van der Waals surface area contributed by atoms with E-state index >= 15 is 0 Å². The predicted molar refractivity (Wildman–Crippen MR) is 57.6 cm³/mol. The highest BCUT2D eigenvalue weighted by Crippen LogP contribution is 2.22. The van der Waals surface area contributed by atoms with Gasteiger partial charge in [0, 0.05) is 18.9 Å². The van der Waals surface area contributed by atoms with E-state index in [-0.39, 0.29) is 18.3 Å². The topological polar surface area (TPSA) is 40.1 Å². The maximum absolute atomic E-state index is 11.7. The van der Waals surface area contributed by atoms with Crippen molar-refractivity contribution in [2.75, 3.05) is 0 Å². The number of aryl methyl sites for hydroxylation is 1. The molecule has 0 bridgehead atoms. The molecule has 0 N–H and O–H groups in total. The van der Waals surface area contributed by atoms with Crippen molar-refractivity contribution in [1.29, 1.82) is 0 Å². The molecule has 1 aromatic heterocycles. The van der Waals surface area contributed by atoms with Crippen molar-refractivity contribution in [3.63, 3.8) is 0 Å². The molecule has 2 aromatic rings. The standard InChI is InChI=1S/C11H10ClNO2.ClH/c1-7-8(2)15-11(13(7)14)9-4-3-5-10(12)6-9;/h3-6H,1-2H3;1H/p-1. The second kappa shape index (κ2) is 4.76. The first-order valence-corrected chi connectivity index (χ1v) is 4.93. The Balaban J connectivity index is 0.00000128. The number of halogens is 2. The molecule has 0 aliphatic heterocycles. The molecule has 86 valence electrons. The van der Waals surface area contributed by atoms with Gasteiger partial charge in [0.15, 0.2) is 5.76 Å². The molecular weight excluding hydrogens is 249 g/mol. The van der Waals surface area contributed by atoms with Crippen LogP contribution in [-0.2, 0) is 0 Å². The van der Waals surface area contributed by atoms with Crippen LogP contribution >= 0.6 is 11.6 Å². The molecule has 0 amide bonds. The van der Waals surface area contributed by atoms with Crippen molar-refractivity contribution >= 4 is 11.6 Å². The molecule has 1 aromatic carbocycles. The molecular formula is C11H10Cl2NO2-. The van der Waals surface area contributed by atoms with Crippen LogP contribution in [0.15, 0.2) is 28.7 Å². The number of rotatable bonds is 1. The van der Waals surface area contributed by atoms with Crippen LogP contribution < -0.4 is 17.1 Å². The Morgan fingerprint density at radius 1 is 1.31 bits per heavy atom. The molecule has 2 rings (SSSR count). The summed E-state index contributed by atoms with van der Waals surface area (Å²) in [7, 11) is 0. The van der Waals surface area contributed by atoms with Crippen molar-refractivity contribution in [2.24, 2.45) is 0 Å². The van der Waals surface area contributed by atoms with E-state index in [9.17, 15) is 5.21 Å². The summed E-state index contributed by atoms with van der Waals surface area (Å²) in [6, 6.07) is 7.03. The summed E-state index contributed by atoms with van der Waals surface area (Å²) >= 11 is 5.84. The average Bonchev–Trinajstić information content (AvgIpc) is 2.46. The van der Waals surface area contributed by atoms with Crippen LogP contribution in [-0.4, -0.2) is 0 Å². The first-order valence-electron chi connectivity index (χ1n) is 4.55. The molecule has 5 heteroatoms. The van der Waals surface area contributed by atoms with Gasteiger partial charge in [0.25, 0.3) is 0 Å². The van der Waals surface area contributed by atoms with Crippen LogP contribution in [0.1, 0.15) is 11.5 Å². The summed E-state index contributed by atoms with van der Waals surface area (Å²) in [5.74, 6) is 0.910. The Bertz CT molecular complexity index is 509. The predicted octanol–water partition coefficient (Wildman–Crippen LogP) is -0.146. The van der Waals surface area contributed by atoms with Crippen molar-refractivity contribution in [1.82, 2.24) is 0 Å². The van der Waals surface area contributed by atoms with E-state index in [1.54, 1.807) is 38.1 Å². The van der Waals surface area contributed by atoms with Crippen LogP contribution in [0.2, 0.25) is 5.02 Å². The quantitative estimate of drug-likeness (QED) is 0.528. The minimum Gasteiger partial charge on any atom is -1.00 e. The molecule has 3 nitrogen and oxygen atoms in total. The van der Waals surface area contributed by atoms with E-state index in [0.717, 1.165) is 4.73 Å². The number of nitrogens with zero attached hydrogens (tertiary/aromatic N) is 1. The first-order chi connectivity index (χ1) is 7.09. The van der Waals surface area contributed by atoms with Gasteiger partial charge in [0.05, 0.1) is 5.56 Å². The molecule has 0 saturated heterocycles. The third-order valence-electron chi connectivity index (χ3n) is 2.32. The lowest BCUT2D eigenvalue weighted by Gasteiger charge is -1.97. The lowest BCUT2D eigenvalue weighted by atomic mass is 10.2. The van der Waals surface area contributed by atoms with E-state index < -0.39 is 0 Å². The normalized spacial score (nSPS) is 9.94. The molecule has 0 fully saturated rings. The summed E-state index contributed by atoms with van der Waals surface area (Å²) in [4.78, 5) is 0. The van der Waals surface area contributed by atoms with Gasteiger partial charge in [-0.2, -0.15) is 0 Å². The van der Waals surface area contributed by atoms with E-state index in [1.807, 2.05) is 0 Å². The van der Waals surface area contributed by atoms with Gasteiger partial charge in [-0.05, 0) is 18.2 Å². The first kappa shape index (κ1) is 12.9. The maximum Gasteiger partial charge on any atom is 0.392 e. The SMILES string of the molecule is Cc1oc(-c2cccc(Cl)c2)[n+]([O-])c1C.[Cl-]. The van der Waals surface area contributed by atoms with E-state index in [4.69, 9.17) is 16.0 Å². The largest absolute Gasteiger partial charge is 1.00 e. The second-order valence-corrected chi connectivity index (χ2v) is 3.79. The van der Waals surface area contributed by atoms with Gasteiger partial charge in [0.1, 0.15) is 0 Å². The lowest BCUT2D eigenvalue weighted by molar-refractivity contribution is -0.602. The van der Waals surface area contributed by atoms with Crippen molar-refractivity contribution in [3.05, 3.63) is 45.9 Å². The number of hydrogen-bond acceptors (Lipinski definition) is 2. The van der Waals surface area contributed by atoms with Crippen LogP contribution in [0, 0.1) is 19.1 Å². The Morgan fingerprint density at radius 3 is 2.50 bits per heavy atom. The number of benzene rings is 1. The highest BCUT2D eigenvalue weighted by atomic mass is 35.5. The van der Waals surface area contributed by atoms with Crippen molar-refractivity contribution in [3.8, 4) is 11.5 Å². The summed E-state index contributed by atoms with van der Waals surface area (Å²) in [5, 5.41) is 12.3. The molecule has 0 saturated carbocycles. The molecule has 1 heterocycles. The molecule has 0 atom stereocenters. The van der Waals surface area contributed by atoms with Gasteiger partial charge in [-0.1, -0.05) is 17.7 Å². The summed E-state index contributed by atoms with van der Waals surface area (Å²) in [5.41, 5.74) is 1.26. The molecule has 0 aliphatic carbocycles. The molecule has 16 heavy (non-hydrogen) atoms. The van der Waals surface area contributed by atoms with Gasteiger partial charge >= 0.3 is 5.89 Å². The third-order valence-corrected chi connectivity index (χ3v) is 2.56. The smallest absolute Gasteiger partial charge is 0.392 e. The Labute approximate surface area is 105 Å². The number of aromatic nitrogens is 1. The van der Waals surface area contributed by atoms with E-state index in [2.05, 4.69) is 0 Å². The Hall–Kier alpha value is -1.19. The minimum absolute atomic E-state index is 0. The van der Waals surface area contributed by atoms with Crippen LogP contribution in [0.3, 0.4) is 0 Å². The maximum atomic E-state index is 11.7. The fourth-order valence-corrected chi connectivity index (χ4v) is 1.54. The van der Waals surface area contributed by atoms with Gasteiger partial charge < -0.3 is 22.0 Å². The molecule has 0 aliphatic rings. The zero-order chi connectivity index (χ0) is 11.0. The zero-order valence-electron chi connectivity index (χ0n) is 8.83.